The van der Waals surface area contributed by atoms with E-state index in [0.717, 1.165) is 47.6 Å². The molecule has 0 bridgehead atoms. The number of benzene rings is 1. The quantitative estimate of drug-likeness (QED) is 0.798. The minimum absolute atomic E-state index is 0.489. The first kappa shape index (κ1) is 14.0. The molecule has 1 fully saturated rings. The van der Waals surface area contributed by atoms with Crippen LogP contribution < -0.4 is 9.80 Å². The third kappa shape index (κ3) is 2.73. The predicted molar refractivity (Wildman–Crippen MR) is 87.5 cm³/mol. The number of hydrogen-bond donors (Lipinski definition) is 0. The van der Waals surface area contributed by atoms with Crippen LogP contribution in [0, 0.1) is 0 Å². The third-order valence-corrected chi connectivity index (χ3v) is 4.93. The van der Waals surface area contributed by atoms with Crippen molar-refractivity contribution in [2.75, 3.05) is 36.0 Å². The van der Waals surface area contributed by atoms with E-state index < -0.39 is 0 Å². The van der Waals surface area contributed by atoms with Gasteiger partial charge in [-0.3, -0.25) is 0 Å². The van der Waals surface area contributed by atoms with E-state index in [9.17, 15) is 0 Å². The lowest BCUT2D eigenvalue weighted by molar-refractivity contribution is 0.651. The van der Waals surface area contributed by atoms with Crippen molar-refractivity contribution >= 4 is 45.4 Å². The first-order chi connectivity index (χ1) is 9.79. The minimum atomic E-state index is 0.489. The average molecular weight is 328 g/mol. The van der Waals surface area contributed by atoms with Crippen LogP contribution in [0.5, 0.6) is 0 Å². The molecule has 0 atom stereocenters. The molecule has 0 aliphatic carbocycles. The molecular formula is C14H15Cl2N3S. The van der Waals surface area contributed by atoms with Crippen molar-refractivity contribution in [1.29, 1.82) is 0 Å². The Labute approximate surface area is 132 Å². The van der Waals surface area contributed by atoms with Crippen LogP contribution >= 0.6 is 34.5 Å². The van der Waals surface area contributed by atoms with Gasteiger partial charge in [-0.25, -0.2) is 4.98 Å². The Morgan fingerprint density at radius 2 is 1.90 bits per heavy atom. The van der Waals surface area contributed by atoms with Crippen LogP contribution in [0.3, 0.4) is 0 Å². The van der Waals surface area contributed by atoms with Crippen molar-refractivity contribution in [3.63, 3.8) is 0 Å². The van der Waals surface area contributed by atoms with Gasteiger partial charge in [0.05, 0.1) is 10.7 Å². The van der Waals surface area contributed by atoms with Gasteiger partial charge in [-0.1, -0.05) is 23.7 Å². The maximum absolute atomic E-state index is 6.35. The van der Waals surface area contributed by atoms with Crippen LogP contribution in [-0.2, 0) is 5.88 Å². The number of rotatable bonds is 3. The fourth-order valence-electron chi connectivity index (χ4n) is 2.52. The van der Waals surface area contributed by atoms with Gasteiger partial charge in [-0.05, 0) is 11.6 Å². The lowest BCUT2D eigenvalue weighted by Crippen LogP contribution is -2.46. The number of aromatic nitrogens is 1. The molecule has 1 aromatic carbocycles. The zero-order valence-electron chi connectivity index (χ0n) is 10.9. The minimum Gasteiger partial charge on any atom is -0.367 e. The third-order valence-electron chi connectivity index (χ3n) is 3.50. The fraction of sp³-hybridized carbons (Fsp3) is 0.357. The molecule has 0 spiro atoms. The zero-order valence-corrected chi connectivity index (χ0v) is 13.3. The molecule has 2 aromatic rings. The van der Waals surface area contributed by atoms with Crippen LogP contribution in [0.15, 0.2) is 29.8 Å². The summed E-state index contributed by atoms with van der Waals surface area (Å²) in [6, 6.07) is 5.93. The van der Waals surface area contributed by atoms with Crippen molar-refractivity contribution in [1.82, 2.24) is 4.98 Å². The van der Waals surface area contributed by atoms with Gasteiger partial charge in [-0.15, -0.1) is 22.9 Å². The fourth-order valence-corrected chi connectivity index (χ4v) is 3.74. The molecule has 0 saturated carbocycles. The summed E-state index contributed by atoms with van der Waals surface area (Å²) >= 11 is 14.1. The van der Waals surface area contributed by atoms with E-state index in [1.54, 1.807) is 11.3 Å². The number of alkyl halides is 1. The molecule has 1 saturated heterocycles. The molecule has 0 amide bonds. The molecule has 0 N–H and O–H groups in total. The summed E-state index contributed by atoms with van der Waals surface area (Å²) in [6.07, 6.45) is 1.85. The number of para-hydroxylation sites is 1. The van der Waals surface area contributed by atoms with Crippen molar-refractivity contribution in [3.8, 4) is 0 Å². The van der Waals surface area contributed by atoms with Crippen LogP contribution in [0.25, 0.3) is 0 Å². The van der Waals surface area contributed by atoms with E-state index in [4.69, 9.17) is 23.2 Å². The smallest absolute Gasteiger partial charge is 0.185 e. The lowest BCUT2D eigenvalue weighted by Gasteiger charge is -2.37. The normalized spacial score (nSPS) is 15.7. The molecule has 3 rings (SSSR count). The maximum Gasteiger partial charge on any atom is 0.185 e. The Morgan fingerprint density at radius 3 is 2.55 bits per heavy atom. The molecule has 1 aliphatic rings. The van der Waals surface area contributed by atoms with Gasteiger partial charge in [0.25, 0.3) is 0 Å². The number of thiazole rings is 1. The molecular weight excluding hydrogens is 313 g/mol. The highest BCUT2D eigenvalue weighted by molar-refractivity contribution is 7.13. The zero-order chi connectivity index (χ0) is 13.9. The molecule has 0 unspecified atom stereocenters. The second-order valence-corrected chi connectivity index (χ2v) is 6.22. The Bertz CT molecular complexity index is 566. The highest BCUT2D eigenvalue weighted by Gasteiger charge is 2.22. The van der Waals surface area contributed by atoms with Crippen LogP contribution in [0.2, 0.25) is 5.02 Å². The largest absolute Gasteiger partial charge is 0.367 e. The monoisotopic (exact) mass is 327 g/mol. The van der Waals surface area contributed by atoms with E-state index >= 15 is 0 Å². The first-order valence-corrected chi connectivity index (χ1v) is 8.31. The van der Waals surface area contributed by atoms with Gasteiger partial charge < -0.3 is 9.80 Å². The van der Waals surface area contributed by atoms with Crippen molar-refractivity contribution in [3.05, 3.63) is 40.4 Å². The van der Waals surface area contributed by atoms with Crippen LogP contribution in [0.4, 0.5) is 10.8 Å². The summed E-state index contributed by atoms with van der Waals surface area (Å²) in [5.74, 6) is 0.489. The summed E-state index contributed by atoms with van der Waals surface area (Å²) in [5, 5.41) is 3.90. The Morgan fingerprint density at radius 1 is 1.15 bits per heavy atom. The van der Waals surface area contributed by atoms with Gasteiger partial charge in [0, 0.05) is 43.6 Å². The Balaban J connectivity index is 1.75. The highest BCUT2D eigenvalue weighted by atomic mass is 35.5. The van der Waals surface area contributed by atoms with Crippen molar-refractivity contribution in [2.45, 2.75) is 5.88 Å². The van der Waals surface area contributed by atoms with Gasteiger partial charge in [0.15, 0.2) is 5.13 Å². The molecule has 0 radical (unpaired) electrons. The Kier molecular flexibility index (Phi) is 4.34. The number of piperazine rings is 1. The summed E-state index contributed by atoms with van der Waals surface area (Å²) < 4.78 is 0. The number of nitrogens with zero attached hydrogens (tertiary/aromatic N) is 3. The van der Waals surface area contributed by atoms with E-state index in [2.05, 4.69) is 14.8 Å². The maximum atomic E-state index is 6.35. The summed E-state index contributed by atoms with van der Waals surface area (Å²) in [6.45, 7) is 3.79. The van der Waals surface area contributed by atoms with E-state index in [1.165, 1.54) is 0 Å². The number of hydrogen-bond acceptors (Lipinski definition) is 4. The Hall–Kier alpha value is -0.970. The highest BCUT2D eigenvalue weighted by Crippen LogP contribution is 2.32. The van der Waals surface area contributed by atoms with Crippen LogP contribution in [-0.4, -0.2) is 31.2 Å². The van der Waals surface area contributed by atoms with Gasteiger partial charge in [0.2, 0.25) is 0 Å². The van der Waals surface area contributed by atoms with Crippen LogP contribution in [0.1, 0.15) is 5.56 Å². The van der Waals surface area contributed by atoms with Gasteiger partial charge in [-0.2, -0.15) is 0 Å². The lowest BCUT2D eigenvalue weighted by atomic mass is 10.1. The summed E-state index contributed by atoms with van der Waals surface area (Å²) in [7, 11) is 0. The topological polar surface area (TPSA) is 19.4 Å². The molecule has 106 valence electrons. The first-order valence-electron chi connectivity index (χ1n) is 6.52. The predicted octanol–water partition coefficient (Wildman–Crippen LogP) is 3.86. The van der Waals surface area contributed by atoms with E-state index in [0.29, 0.717) is 5.88 Å². The summed E-state index contributed by atoms with van der Waals surface area (Å²) in [5.41, 5.74) is 2.19. The standard InChI is InChI=1S/C14H15Cl2N3S/c15-10-11-2-1-3-12(16)13(11)18-5-7-19(8-6-18)14-17-4-9-20-14/h1-4,9H,5-8,10H2. The van der Waals surface area contributed by atoms with Gasteiger partial charge >= 0.3 is 0 Å². The van der Waals surface area contributed by atoms with Crippen molar-refractivity contribution in [2.24, 2.45) is 0 Å². The van der Waals surface area contributed by atoms with Crippen molar-refractivity contribution < 1.29 is 0 Å². The molecule has 1 aromatic heterocycles. The molecule has 2 heterocycles. The molecule has 20 heavy (non-hydrogen) atoms. The molecule has 6 heteroatoms. The second kappa shape index (κ2) is 6.20. The SMILES string of the molecule is ClCc1cccc(Cl)c1N1CCN(c2nccs2)CC1. The average Bonchev–Trinajstić information content (AvgIpc) is 3.01. The number of anilines is 2. The summed E-state index contributed by atoms with van der Waals surface area (Å²) in [4.78, 5) is 9.01. The van der Waals surface area contributed by atoms with E-state index in [-0.39, 0.29) is 0 Å². The second-order valence-electron chi connectivity index (χ2n) is 4.67. The van der Waals surface area contributed by atoms with Gasteiger partial charge in [0.1, 0.15) is 0 Å². The molecule has 3 nitrogen and oxygen atoms in total. The number of halogens is 2. The van der Waals surface area contributed by atoms with E-state index in [1.807, 2.05) is 29.8 Å². The molecule has 1 aliphatic heterocycles.